The molecular formula is C9H8F4O. The van der Waals surface area contributed by atoms with E-state index < -0.39 is 24.0 Å². The number of hydrogen-bond donors (Lipinski definition) is 1. The lowest BCUT2D eigenvalue weighted by atomic mass is 10.0. The molecule has 0 fully saturated rings. The van der Waals surface area contributed by atoms with Crippen LogP contribution in [-0.2, 0) is 5.92 Å². The van der Waals surface area contributed by atoms with Crippen molar-refractivity contribution in [2.75, 3.05) is 6.61 Å². The highest BCUT2D eigenvalue weighted by Gasteiger charge is 2.56. The molecule has 0 aliphatic carbocycles. The molecule has 0 aliphatic rings. The normalized spacial score (nSPS) is 12.9. The number of halogens is 4. The van der Waals surface area contributed by atoms with Crippen LogP contribution in [0.15, 0.2) is 30.3 Å². The van der Waals surface area contributed by atoms with E-state index in [9.17, 15) is 17.6 Å². The van der Waals surface area contributed by atoms with Crippen molar-refractivity contribution in [3.8, 4) is 0 Å². The summed E-state index contributed by atoms with van der Waals surface area (Å²) in [5.74, 6) is -8.78. The van der Waals surface area contributed by atoms with E-state index in [0.717, 1.165) is 12.1 Å². The summed E-state index contributed by atoms with van der Waals surface area (Å²) >= 11 is 0. The Kier molecular flexibility index (Phi) is 2.80. The number of aliphatic hydroxyl groups excluding tert-OH is 1. The quantitative estimate of drug-likeness (QED) is 0.756. The maximum absolute atomic E-state index is 13.0. The van der Waals surface area contributed by atoms with Gasteiger partial charge in [0.2, 0.25) is 0 Å². The lowest BCUT2D eigenvalue weighted by Crippen LogP contribution is -2.41. The van der Waals surface area contributed by atoms with E-state index in [1.807, 2.05) is 0 Å². The molecule has 1 nitrogen and oxygen atoms in total. The van der Waals surface area contributed by atoms with Gasteiger partial charge in [0.15, 0.2) is 0 Å². The summed E-state index contributed by atoms with van der Waals surface area (Å²) in [6.07, 6.45) is 0. The Morgan fingerprint density at radius 3 is 1.93 bits per heavy atom. The summed E-state index contributed by atoms with van der Waals surface area (Å²) in [6.45, 7) is -1.88. The topological polar surface area (TPSA) is 20.2 Å². The number of rotatable bonds is 3. The van der Waals surface area contributed by atoms with Crippen molar-refractivity contribution in [3.05, 3.63) is 35.9 Å². The van der Waals surface area contributed by atoms with Crippen LogP contribution >= 0.6 is 0 Å². The van der Waals surface area contributed by atoms with Crippen LogP contribution in [0.4, 0.5) is 17.6 Å². The molecule has 14 heavy (non-hydrogen) atoms. The van der Waals surface area contributed by atoms with Crippen molar-refractivity contribution < 1.29 is 22.7 Å². The second kappa shape index (κ2) is 3.57. The van der Waals surface area contributed by atoms with Crippen LogP contribution in [0.5, 0.6) is 0 Å². The Morgan fingerprint density at radius 2 is 1.50 bits per heavy atom. The Labute approximate surface area is 78.0 Å². The molecule has 0 spiro atoms. The fraction of sp³-hybridized carbons (Fsp3) is 0.333. The van der Waals surface area contributed by atoms with Crippen molar-refractivity contribution in [2.24, 2.45) is 0 Å². The van der Waals surface area contributed by atoms with E-state index in [1.54, 1.807) is 0 Å². The predicted molar refractivity (Wildman–Crippen MR) is 42.4 cm³/mol. The van der Waals surface area contributed by atoms with Gasteiger partial charge in [-0.2, -0.15) is 17.6 Å². The molecule has 5 heteroatoms. The molecule has 0 radical (unpaired) electrons. The number of benzene rings is 1. The van der Waals surface area contributed by atoms with E-state index in [2.05, 4.69) is 0 Å². The lowest BCUT2D eigenvalue weighted by Gasteiger charge is -2.24. The van der Waals surface area contributed by atoms with Gasteiger partial charge >= 0.3 is 11.8 Å². The van der Waals surface area contributed by atoms with Crippen molar-refractivity contribution in [1.82, 2.24) is 0 Å². The third kappa shape index (κ3) is 1.72. The number of aliphatic hydroxyl groups is 1. The predicted octanol–water partition coefficient (Wildman–Crippen LogP) is 2.41. The molecule has 78 valence electrons. The van der Waals surface area contributed by atoms with Gasteiger partial charge in [-0.3, -0.25) is 0 Å². The molecule has 1 N–H and O–H groups in total. The van der Waals surface area contributed by atoms with E-state index >= 15 is 0 Å². The maximum atomic E-state index is 13.0. The van der Waals surface area contributed by atoms with Crippen LogP contribution in [0.1, 0.15) is 5.56 Å². The van der Waals surface area contributed by atoms with E-state index in [1.165, 1.54) is 18.2 Å². The summed E-state index contributed by atoms with van der Waals surface area (Å²) in [6, 6.07) is 5.69. The second-order valence-corrected chi connectivity index (χ2v) is 2.80. The number of alkyl halides is 4. The van der Waals surface area contributed by atoms with E-state index in [4.69, 9.17) is 5.11 Å². The van der Waals surface area contributed by atoms with Crippen molar-refractivity contribution >= 4 is 0 Å². The third-order valence-electron chi connectivity index (χ3n) is 1.79. The minimum Gasteiger partial charge on any atom is -0.390 e. The summed E-state index contributed by atoms with van der Waals surface area (Å²) in [7, 11) is 0. The molecule has 1 aromatic rings. The molecule has 1 aromatic carbocycles. The van der Waals surface area contributed by atoms with E-state index in [0.29, 0.717) is 0 Å². The first-order chi connectivity index (χ1) is 6.42. The monoisotopic (exact) mass is 208 g/mol. The van der Waals surface area contributed by atoms with Gasteiger partial charge in [-0.05, 0) is 0 Å². The van der Waals surface area contributed by atoms with Crippen LogP contribution < -0.4 is 0 Å². The summed E-state index contributed by atoms with van der Waals surface area (Å²) in [5.41, 5.74) is -0.806. The van der Waals surface area contributed by atoms with Gasteiger partial charge in [0.25, 0.3) is 0 Å². The third-order valence-corrected chi connectivity index (χ3v) is 1.79. The molecule has 0 unspecified atom stereocenters. The highest BCUT2D eigenvalue weighted by molar-refractivity contribution is 5.22. The first-order valence-corrected chi connectivity index (χ1v) is 3.84. The zero-order chi connectivity index (χ0) is 10.8. The van der Waals surface area contributed by atoms with Crippen LogP contribution in [0.2, 0.25) is 0 Å². The van der Waals surface area contributed by atoms with Gasteiger partial charge in [-0.25, -0.2) is 0 Å². The van der Waals surface area contributed by atoms with Crippen LogP contribution in [-0.4, -0.2) is 17.6 Å². The standard InChI is InChI=1S/C9H8F4O/c10-8(11,6-14)9(12,13)7-4-2-1-3-5-7/h1-5,14H,6H2. The minimum absolute atomic E-state index is 0.806. The van der Waals surface area contributed by atoms with Crippen LogP contribution in [0, 0.1) is 0 Å². The average Bonchev–Trinajstić information content (AvgIpc) is 2.19. The second-order valence-electron chi connectivity index (χ2n) is 2.80. The zero-order valence-electron chi connectivity index (χ0n) is 7.05. The Hall–Kier alpha value is -1.10. The molecule has 1 rings (SSSR count). The Balaban J connectivity index is 3.08. The molecule has 0 saturated carbocycles. The molecule has 0 aliphatic heterocycles. The van der Waals surface area contributed by atoms with Gasteiger partial charge < -0.3 is 5.11 Å². The first-order valence-electron chi connectivity index (χ1n) is 3.84. The van der Waals surface area contributed by atoms with Crippen molar-refractivity contribution in [1.29, 1.82) is 0 Å². The van der Waals surface area contributed by atoms with Gasteiger partial charge in [-0.1, -0.05) is 30.3 Å². The molecule has 0 heterocycles. The highest BCUT2D eigenvalue weighted by atomic mass is 19.3. The van der Waals surface area contributed by atoms with E-state index in [-0.39, 0.29) is 0 Å². The van der Waals surface area contributed by atoms with Crippen LogP contribution in [0.3, 0.4) is 0 Å². The van der Waals surface area contributed by atoms with Gasteiger partial charge in [-0.15, -0.1) is 0 Å². The molecular weight excluding hydrogens is 200 g/mol. The maximum Gasteiger partial charge on any atom is 0.337 e. The number of hydrogen-bond acceptors (Lipinski definition) is 1. The molecule has 0 bridgehead atoms. The minimum atomic E-state index is -4.44. The van der Waals surface area contributed by atoms with Gasteiger partial charge in [0.05, 0.1) is 0 Å². The first kappa shape index (κ1) is 11.0. The average molecular weight is 208 g/mol. The fourth-order valence-electron chi connectivity index (χ4n) is 0.958. The molecule has 0 saturated heterocycles. The molecule has 0 amide bonds. The van der Waals surface area contributed by atoms with Gasteiger partial charge in [0.1, 0.15) is 6.61 Å². The Bertz CT molecular complexity index is 297. The summed E-state index contributed by atoms with van der Waals surface area (Å²) in [4.78, 5) is 0. The summed E-state index contributed by atoms with van der Waals surface area (Å²) in [5, 5.41) is 8.16. The zero-order valence-corrected chi connectivity index (χ0v) is 7.05. The SMILES string of the molecule is OCC(F)(F)C(F)(F)c1ccccc1. The molecule has 0 aromatic heterocycles. The van der Waals surface area contributed by atoms with Crippen molar-refractivity contribution in [2.45, 2.75) is 11.8 Å². The smallest absolute Gasteiger partial charge is 0.337 e. The summed E-state index contributed by atoms with van der Waals surface area (Å²) < 4.78 is 51.3. The largest absolute Gasteiger partial charge is 0.390 e. The fourth-order valence-corrected chi connectivity index (χ4v) is 0.958. The van der Waals surface area contributed by atoms with Crippen LogP contribution in [0.25, 0.3) is 0 Å². The Morgan fingerprint density at radius 1 is 1.00 bits per heavy atom. The van der Waals surface area contributed by atoms with Crippen molar-refractivity contribution in [3.63, 3.8) is 0 Å². The lowest BCUT2D eigenvalue weighted by molar-refractivity contribution is -0.232. The highest BCUT2D eigenvalue weighted by Crippen LogP contribution is 2.42. The molecule has 0 atom stereocenters. The van der Waals surface area contributed by atoms with Gasteiger partial charge in [0, 0.05) is 5.56 Å².